The van der Waals surface area contributed by atoms with Gasteiger partial charge < -0.3 is 19.9 Å². The number of piperazine rings is 1. The molecule has 6 heteroatoms. The Balaban J connectivity index is 1.42. The quantitative estimate of drug-likeness (QED) is 0.849. The first-order valence-corrected chi connectivity index (χ1v) is 10.5. The zero-order valence-corrected chi connectivity index (χ0v) is 17.0. The lowest BCUT2D eigenvalue weighted by molar-refractivity contribution is 0.413. The van der Waals surface area contributed by atoms with Gasteiger partial charge in [0.15, 0.2) is 0 Å². The van der Waals surface area contributed by atoms with Crippen LogP contribution in [0.25, 0.3) is 0 Å². The number of anilines is 3. The fourth-order valence-electron chi connectivity index (χ4n) is 4.28. The molecule has 2 heterocycles. The van der Waals surface area contributed by atoms with Crippen LogP contribution in [0.15, 0.2) is 30.3 Å². The zero-order chi connectivity index (χ0) is 19.3. The summed E-state index contributed by atoms with van der Waals surface area (Å²) in [5, 5.41) is 3.58. The summed E-state index contributed by atoms with van der Waals surface area (Å²) in [6.07, 6.45) is 6.42. The summed E-state index contributed by atoms with van der Waals surface area (Å²) in [7, 11) is 1.74. The van der Waals surface area contributed by atoms with E-state index in [1.165, 1.54) is 37.8 Å². The maximum absolute atomic E-state index is 5.53. The Bertz CT molecular complexity index is 782. The molecule has 0 spiro atoms. The van der Waals surface area contributed by atoms with Crippen LogP contribution < -0.4 is 19.9 Å². The summed E-state index contributed by atoms with van der Waals surface area (Å²) >= 11 is 0. The van der Waals surface area contributed by atoms with Crippen molar-refractivity contribution < 1.29 is 4.74 Å². The highest BCUT2D eigenvalue weighted by Crippen LogP contribution is 2.29. The second kappa shape index (κ2) is 8.67. The average molecular weight is 382 g/mol. The highest BCUT2D eigenvalue weighted by Gasteiger charge is 2.22. The van der Waals surface area contributed by atoms with Crippen LogP contribution in [-0.4, -0.2) is 49.3 Å². The van der Waals surface area contributed by atoms with E-state index in [1.54, 1.807) is 7.11 Å². The van der Waals surface area contributed by atoms with Gasteiger partial charge in [0.1, 0.15) is 11.6 Å². The van der Waals surface area contributed by atoms with Gasteiger partial charge >= 0.3 is 0 Å². The third kappa shape index (κ3) is 4.32. The Morgan fingerprint density at radius 2 is 1.68 bits per heavy atom. The number of aromatic nitrogens is 2. The largest absolute Gasteiger partial charge is 0.495 e. The van der Waals surface area contributed by atoms with E-state index in [0.29, 0.717) is 6.04 Å². The van der Waals surface area contributed by atoms with Crippen LogP contribution in [0.1, 0.15) is 37.8 Å². The first-order chi connectivity index (χ1) is 13.7. The predicted octanol–water partition coefficient (Wildman–Crippen LogP) is 3.86. The summed E-state index contributed by atoms with van der Waals surface area (Å²) in [5.74, 6) is 2.76. The molecule has 0 bridgehead atoms. The van der Waals surface area contributed by atoms with Crippen LogP contribution in [-0.2, 0) is 0 Å². The van der Waals surface area contributed by atoms with Crippen LogP contribution in [0.3, 0.4) is 0 Å². The molecule has 6 nitrogen and oxygen atoms in total. The van der Waals surface area contributed by atoms with Gasteiger partial charge in [-0.1, -0.05) is 31.4 Å². The molecule has 1 saturated heterocycles. The molecule has 0 amide bonds. The van der Waals surface area contributed by atoms with E-state index in [-0.39, 0.29) is 0 Å². The van der Waals surface area contributed by atoms with Gasteiger partial charge in [-0.3, -0.25) is 0 Å². The molecule has 150 valence electrons. The number of rotatable bonds is 5. The lowest BCUT2D eigenvalue weighted by atomic mass is 9.96. The molecule has 0 unspecified atom stereocenters. The number of methoxy groups -OCH3 is 1. The number of benzene rings is 1. The second-order valence-corrected chi connectivity index (χ2v) is 7.82. The Kier molecular flexibility index (Phi) is 5.84. The molecule has 1 saturated carbocycles. The average Bonchev–Trinajstić information content (AvgIpc) is 2.74. The minimum atomic E-state index is 0.519. The van der Waals surface area contributed by atoms with Crippen LogP contribution in [0.5, 0.6) is 5.75 Å². The molecule has 4 rings (SSSR count). The van der Waals surface area contributed by atoms with E-state index < -0.39 is 0 Å². The van der Waals surface area contributed by atoms with Crippen molar-refractivity contribution in [1.29, 1.82) is 0 Å². The van der Waals surface area contributed by atoms with Gasteiger partial charge in [-0.05, 0) is 31.9 Å². The van der Waals surface area contributed by atoms with Crippen molar-refractivity contribution in [3.05, 3.63) is 36.0 Å². The molecule has 2 aromatic rings. The van der Waals surface area contributed by atoms with Crippen molar-refractivity contribution in [2.24, 2.45) is 0 Å². The van der Waals surface area contributed by atoms with Gasteiger partial charge in [-0.25, -0.2) is 4.98 Å². The number of aryl methyl sites for hydroxylation is 1. The normalized spacial score (nSPS) is 18.2. The smallest absolute Gasteiger partial charge is 0.225 e. The molecule has 1 aliphatic carbocycles. The molecule has 1 aliphatic heterocycles. The van der Waals surface area contributed by atoms with Crippen molar-refractivity contribution in [3.63, 3.8) is 0 Å². The van der Waals surface area contributed by atoms with E-state index in [9.17, 15) is 0 Å². The molecule has 0 radical (unpaired) electrons. The Morgan fingerprint density at radius 3 is 2.43 bits per heavy atom. The Labute approximate surface area is 167 Å². The van der Waals surface area contributed by atoms with E-state index >= 15 is 0 Å². The zero-order valence-electron chi connectivity index (χ0n) is 17.0. The van der Waals surface area contributed by atoms with Crippen LogP contribution in [0.2, 0.25) is 0 Å². The standard InChI is InChI=1S/C22H31N5O/c1-17-16-21(25-22(23-17)24-18-8-4-3-5-9-18)27-14-12-26(13-15-27)19-10-6-7-11-20(19)28-2/h6-7,10-11,16,18H,3-5,8-9,12-15H2,1-2H3,(H,23,24,25). The van der Waals surface area contributed by atoms with E-state index in [4.69, 9.17) is 9.72 Å². The molecular weight excluding hydrogens is 350 g/mol. The Hall–Kier alpha value is -2.50. The van der Waals surface area contributed by atoms with E-state index in [1.807, 2.05) is 12.1 Å². The Morgan fingerprint density at radius 1 is 0.964 bits per heavy atom. The van der Waals surface area contributed by atoms with Crippen molar-refractivity contribution in [1.82, 2.24) is 9.97 Å². The van der Waals surface area contributed by atoms with Crippen molar-refractivity contribution in [2.75, 3.05) is 48.4 Å². The highest BCUT2D eigenvalue weighted by atomic mass is 16.5. The van der Waals surface area contributed by atoms with Gasteiger partial charge in [0, 0.05) is 44.0 Å². The number of para-hydroxylation sites is 2. The molecule has 1 N–H and O–H groups in total. The van der Waals surface area contributed by atoms with Gasteiger partial charge in [0.25, 0.3) is 0 Å². The molecule has 1 aromatic carbocycles. The first-order valence-electron chi connectivity index (χ1n) is 10.5. The minimum Gasteiger partial charge on any atom is -0.495 e. The van der Waals surface area contributed by atoms with Gasteiger partial charge in [0.05, 0.1) is 12.8 Å². The number of nitrogens with one attached hydrogen (secondary N) is 1. The van der Waals surface area contributed by atoms with E-state index in [0.717, 1.165) is 49.4 Å². The van der Waals surface area contributed by atoms with Crippen LogP contribution in [0, 0.1) is 6.92 Å². The summed E-state index contributed by atoms with van der Waals surface area (Å²) in [5.41, 5.74) is 2.19. The maximum atomic E-state index is 5.53. The summed E-state index contributed by atoms with van der Waals surface area (Å²) in [6.45, 7) is 5.85. The van der Waals surface area contributed by atoms with Gasteiger partial charge in [-0.15, -0.1) is 0 Å². The van der Waals surface area contributed by atoms with E-state index in [2.05, 4.69) is 45.2 Å². The fraction of sp³-hybridized carbons (Fsp3) is 0.545. The fourth-order valence-corrected chi connectivity index (χ4v) is 4.28. The monoisotopic (exact) mass is 381 g/mol. The molecular formula is C22H31N5O. The molecule has 2 fully saturated rings. The third-order valence-corrected chi connectivity index (χ3v) is 5.81. The summed E-state index contributed by atoms with van der Waals surface area (Å²) in [6, 6.07) is 10.9. The van der Waals surface area contributed by atoms with Crippen LogP contribution >= 0.6 is 0 Å². The number of ether oxygens (including phenoxy) is 1. The second-order valence-electron chi connectivity index (χ2n) is 7.82. The highest BCUT2D eigenvalue weighted by molar-refractivity contribution is 5.59. The van der Waals surface area contributed by atoms with Crippen molar-refractivity contribution in [2.45, 2.75) is 45.1 Å². The minimum absolute atomic E-state index is 0.519. The number of nitrogens with zero attached hydrogens (tertiary/aromatic N) is 4. The predicted molar refractivity (Wildman–Crippen MR) is 115 cm³/mol. The topological polar surface area (TPSA) is 53.5 Å². The summed E-state index contributed by atoms with van der Waals surface area (Å²) in [4.78, 5) is 14.2. The molecule has 28 heavy (non-hydrogen) atoms. The molecule has 2 aliphatic rings. The first kappa shape index (κ1) is 18.8. The van der Waals surface area contributed by atoms with Crippen LogP contribution in [0.4, 0.5) is 17.5 Å². The summed E-state index contributed by atoms with van der Waals surface area (Å²) < 4.78 is 5.53. The SMILES string of the molecule is COc1ccccc1N1CCN(c2cc(C)nc(NC3CCCCC3)n2)CC1. The number of hydrogen-bond donors (Lipinski definition) is 1. The number of hydrogen-bond acceptors (Lipinski definition) is 6. The maximum Gasteiger partial charge on any atom is 0.225 e. The lowest BCUT2D eigenvalue weighted by Crippen LogP contribution is -2.47. The van der Waals surface area contributed by atoms with Gasteiger partial charge in [0.2, 0.25) is 5.95 Å². The molecule has 0 atom stereocenters. The molecule has 1 aromatic heterocycles. The third-order valence-electron chi connectivity index (χ3n) is 5.81. The van der Waals surface area contributed by atoms with Crippen molar-refractivity contribution in [3.8, 4) is 5.75 Å². The van der Waals surface area contributed by atoms with Crippen molar-refractivity contribution >= 4 is 17.5 Å². The van der Waals surface area contributed by atoms with Gasteiger partial charge in [-0.2, -0.15) is 4.98 Å². The lowest BCUT2D eigenvalue weighted by Gasteiger charge is -2.37.